The number of carbonyl (C=O) groups is 3. The Morgan fingerprint density at radius 2 is 1.94 bits per heavy atom. The minimum atomic E-state index is -0.901. The lowest BCUT2D eigenvalue weighted by atomic mass is 9.91. The summed E-state index contributed by atoms with van der Waals surface area (Å²) in [4.78, 5) is 42.5. The highest BCUT2D eigenvalue weighted by molar-refractivity contribution is 6.00. The van der Waals surface area contributed by atoms with Crippen LogP contribution in [0.3, 0.4) is 0 Å². The minimum Gasteiger partial charge on any atom is -0.481 e. The average Bonchev–Trinajstić information content (AvgIpc) is 3.28. The van der Waals surface area contributed by atoms with Crippen molar-refractivity contribution in [3.05, 3.63) is 59.7 Å². The number of anilines is 2. The number of rotatable bonds is 7. The summed E-state index contributed by atoms with van der Waals surface area (Å²) in [5.74, 6) is -0.856. The van der Waals surface area contributed by atoms with E-state index in [1.165, 1.54) is 4.90 Å². The number of aliphatic carboxylic acids is 1. The van der Waals surface area contributed by atoms with E-state index in [0.717, 1.165) is 35.9 Å². The van der Waals surface area contributed by atoms with Gasteiger partial charge in [-0.05, 0) is 41.7 Å². The maximum atomic E-state index is 12.8. The molecule has 4 rings (SSSR count). The van der Waals surface area contributed by atoms with Gasteiger partial charge in [-0.1, -0.05) is 30.3 Å². The lowest BCUT2D eigenvalue weighted by Gasteiger charge is -2.23. The summed E-state index contributed by atoms with van der Waals surface area (Å²) >= 11 is 0. The summed E-state index contributed by atoms with van der Waals surface area (Å²) in [5.41, 5.74) is 3.24. The topological polar surface area (TPSA) is 123 Å². The number of fused-ring (bicyclic) bond motifs is 1. The molecule has 0 bridgehead atoms. The van der Waals surface area contributed by atoms with Crippen LogP contribution in [0.5, 0.6) is 0 Å². The molecular formula is C24H27N5O4. The number of aliphatic imine (C=N–C) groups is 1. The average molecular weight is 450 g/mol. The van der Waals surface area contributed by atoms with Crippen LogP contribution in [0.2, 0.25) is 0 Å². The number of hydrogen-bond acceptors (Lipinski definition) is 6. The monoisotopic (exact) mass is 449 g/mol. The van der Waals surface area contributed by atoms with E-state index in [4.69, 9.17) is 0 Å². The van der Waals surface area contributed by atoms with E-state index in [1.54, 1.807) is 12.1 Å². The summed E-state index contributed by atoms with van der Waals surface area (Å²) in [7, 11) is 0. The predicted octanol–water partition coefficient (Wildman–Crippen LogP) is 2.06. The van der Waals surface area contributed by atoms with Crippen molar-refractivity contribution in [3.8, 4) is 0 Å². The van der Waals surface area contributed by atoms with Crippen molar-refractivity contribution in [2.24, 2.45) is 4.99 Å². The Morgan fingerprint density at radius 1 is 1.15 bits per heavy atom. The lowest BCUT2D eigenvalue weighted by molar-refractivity contribution is -0.137. The number of nitrogens with one attached hydrogen (secondary N) is 3. The fourth-order valence-corrected chi connectivity index (χ4v) is 4.12. The van der Waals surface area contributed by atoms with Crippen molar-refractivity contribution in [1.82, 2.24) is 10.6 Å². The van der Waals surface area contributed by atoms with Crippen molar-refractivity contribution >= 4 is 35.1 Å². The van der Waals surface area contributed by atoms with Gasteiger partial charge in [0.05, 0.1) is 13.0 Å². The molecule has 0 spiro atoms. The SMILES string of the molecule is O=C(O)CC1CCC(=O)N(CC(=O)NCc2ccc(NC3=NCCN3)cc2)c2ccccc21. The third-order valence-electron chi connectivity index (χ3n) is 5.78. The van der Waals surface area contributed by atoms with Gasteiger partial charge in [-0.15, -0.1) is 0 Å². The van der Waals surface area contributed by atoms with Gasteiger partial charge in [0.15, 0.2) is 5.96 Å². The molecule has 172 valence electrons. The normalized spacial score (nSPS) is 17.5. The molecule has 2 aromatic carbocycles. The molecule has 0 radical (unpaired) electrons. The van der Waals surface area contributed by atoms with Gasteiger partial charge in [0, 0.05) is 30.9 Å². The number of nitrogens with zero attached hydrogens (tertiary/aromatic N) is 2. The number of para-hydroxylation sites is 1. The lowest BCUT2D eigenvalue weighted by Crippen LogP contribution is -2.40. The molecule has 9 nitrogen and oxygen atoms in total. The molecule has 2 heterocycles. The first-order chi connectivity index (χ1) is 16.0. The second kappa shape index (κ2) is 10.2. The molecule has 0 saturated carbocycles. The Labute approximate surface area is 191 Å². The summed E-state index contributed by atoms with van der Waals surface area (Å²) in [6, 6.07) is 14.9. The van der Waals surface area contributed by atoms with E-state index in [2.05, 4.69) is 20.9 Å². The molecule has 9 heteroatoms. The first-order valence-electron chi connectivity index (χ1n) is 11.0. The fourth-order valence-electron chi connectivity index (χ4n) is 4.12. The molecule has 0 aromatic heterocycles. The molecule has 2 aromatic rings. The zero-order chi connectivity index (χ0) is 23.2. The van der Waals surface area contributed by atoms with E-state index in [9.17, 15) is 19.5 Å². The van der Waals surface area contributed by atoms with Crippen LogP contribution in [0.25, 0.3) is 0 Å². The number of guanidine groups is 1. The molecule has 0 fully saturated rings. The van der Waals surface area contributed by atoms with Crippen molar-refractivity contribution in [1.29, 1.82) is 0 Å². The molecule has 1 unspecified atom stereocenters. The second-order valence-corrected chi connectivity index (χ2v) is 8.13. The Balaban J connectivity index is 1.37. The molecular weight excluding hydrogens is 422 g/mol. The number of carboxylic acids is 1. The van der Waals surface area contributed by atoms with Crippen LogP contribution in [0.1, 0.15) is 36.3 Å². The minimum absolute atomic E-state index is 0.0431. The Hall–Kier alpha value is -3.88. The van der Waals surface area contributed by atoms with Gasteiger partial charge in [-0.25, -0.2) is 0 Å². The van der Waals surface area contributed by atoms with Gasteiger partial charge in [-0.3, -0.25) is 19.4 Å². The van der Waals surface area contributed by atoms with Gasteiger partial charge < -0.3 is 26.0 Å². The Morgan fingerprint density at radius 3 is 2.67 bits per heavy atom. The fraction of sp³-hybridized carbons (Fsp3) is 0.333. The second-order valence-electron chi connectivity index (χ2n) is 8.13. The number of amides is 2. The first kappa shape index (κ1) is 22.3. The molecule has 4 N–H and O–H groups in total. The third-order valence-corrected chi connectivity index (χ3v) is 5.78. The Kier molecular flexibility index (Phi) is 6.87. The van der Waals surface area contributed by atoms with E-state index < -0.39 is 5.97 Å². The maximum Gasteiger partial charge on any atom is 0.303 e. The number of carbonyl (C=O) groups excluding carboxylic acids is 2. The highest BCUT2D eigenvalue weighted by atomic mass is 16.4. The molecule has 33 heavy (non-hydrogen) atoms. The first-order valence-corrected chi connectivity index (χ1v) is 11.0. The number of hydrogen-bond donors (Lipinski definition) is 4. The van der Waals surface area contributed by atoms with Gasteiger partial charge in [0.25, 0.3) is 0 Å². The maximum absolute atomic E-state index is 12.8. The Bertz CT molecular complexity index is 1070. The zero-order valence-electron chi connectivity index (χ0n) is 18.2. The summed E-state index contributed by atoms with van der Waals surface area (Å²) in [5, 5.41) is 18.5. The van der Waals surface area contributed by atoms with Crippen LogP contribution in [-0.4, -0.2) is 48.5 Å². The standard InChI is InChI=1S/C24H27N5O4/c30-21(27-14-16-5-8-18(9-6-16)28-24-25-11-12-26-24)15-29-20-4-2-1-3-19(20)17(13-23(32)33)7-10-22(29)31/h1-6,8-9,17H,7,10-15H2,(H,27,30)(H,32,33)(H2,25,26,28). The van der Waals surface area contributed by atoms with Gasteiger partial charge in [0.2, 0.25) is 11.8 Å². The molecule has 0 saturated heterocycles. The van der Waals surface area contributed by atoms with Crippen LogP contribution >= 0.6 is 0 Å². The number of benzene rings is 2. The van der Waals surface area contributed by atoms with Crippen LogP contribution in [0.4, 0.5) is 11.4 Å². The highest BCUT2D eigenvalue weighted by Crippen LogP contribution is 2.36. The third kappa shape index (κ3) is 5.68. The quantitative estimate of drug-likeness (QED) is 0.513. The van der Waals surface area contributed by atoms with Crippen molar-refractivity contribution < 1.29 is 19.5 Å². The molecule has 1 atom stereocenters. The van der Waals surface area contributed by atoms with E-state index >= 15 is 0 Å². The smallest absolute Gasteiger partial charge is 0.303 e. The van der Waals surface area contributed by atoms with Crippen molar-refractivity contribution in [3.63, 3.8) is 0 Å². The summed E-state index contributed by atoms with van der Waals surface area (Å²) < 4.78 is 0. The zero-order valence-corrected chi connectivity index (χ0v) is 18.2. The molecule has 2 aliphatic heterocycles. The van der Waals surface area contributed by atoms with Crippen molar-refractivity contribution in [2.75, 3.05) is 29.9 Å². The molecule has 2 aliphatic rings. The summed E-state index contributed by atoms with van der Waals surface area (Å²) in [6.45, 7) is 1.82. The van der Waals surface area contributed by atoms with Gasteiger partial charge in [-0.2, -0.15) is 0 Å². The van der Waals surface area contributed by atoms with Crippen molar-refractivity contribution in [2.45, 2.75) is 31.7 Å². The van der Waals surface area contributed by atoms with E-state index in [-0.39, 0.29) is 37.1 Å². The number of carboxylic acid groups (broad SMARTS) is 1. The van der Waals surface area contributed by atoms with Gasteiger partial charge >= 0.3 is 5.97 Å². The van der Waals surface area contributed by atoms with Crippen LogP contribution in [-0.2, 0) is 20.9 Å². The van der Waals surface area contributed by atoms with Crippen LogP contribution in [0.15, 0.2) is 53.5 Å². The van der Waals surface area contributed by atoms with Crippen LogP contribution < -0.4 is 20.9 Å². The summed E-state index contributed by atoms with van der Waals surface area (Å²) in [6.07, 6.45) is 0.607. The molecule has 0 aliphatic carbocycles. The van der Waals surface area contributed by atoms with Crippen LogP contribution in [0, 0.1) is 0 Å². The largest absolute Gasteiger partial charge is 0.481 e. The van der Waals surface area contributed by atoms with E-state index in [0.29, 0.717) is 18.7 Å². The highest BCUT2D eigenvalue weighted by Gasteiger charge is 2.30. The molecule has 2 amide bonds. The predicted molar refractivity (Wildman–Crippen MR) is 125 cm³/mol. The van der Waals surface area contributed by atoms with Gasteiger partial charge in [0.1, 0.15) is 6.54 Å². The van der Waals surface area contributed by atoms with E-state index in [1.807, 2.05) is 36.4 Å².